The molecule has 21 heavy (non-hydrogen) atoms. The first-order valence-electron chi connectivity index (χ1n) is 7.10. The van der Waals surface area contributed by atoms with Crippen LogP contribution in [0.4, 0.5) is 0 Å². The predicted octanol–water partition coefficient (Wildman–Crippen LogP) is 1.70. The molecule has 5 heteroatoms. The third-order valence-electron chi connectivity index (χ3n) is 3.37. The lowest BCUT2D eigenvalue weighted by atomic mass is 10.1. The number of esters is 1. The highest BCUT2D eigenvalue weighted by Crippen LogP contribution is 2.18. The van der Waals surface area contributed by atoms with Crippen LogP contribution in [-0.2, 0) is 14.3 Å². The van der Waals surface area contributed by atoms with Gasteiger partial charge >= 0.3 is 5.97 Å². The van der Waals surface area contributed by atoms with Crippen LogP contribution in [0.2, 0.25) is 0 Å². The highest BCUT2D eigenvalue weighted by Gasteiger charge is 2.19. The van der Waals surface area contributed by atoms with Crippen molar-refractivity contribution in [3.63, 3.8) is 0 Å². The zero-order chi connectivity index (χ0) is 15.8. The van der Waals surface area contributed by atoms with Gasteiger partial charge in [-0.05, 0) is 26.5 Å². The van der Waals surface area contributed by atoms with E-state index in [1.165, 1.54) is 0 Å². The lowest BCUT2D eigenvalue weighted by molar-refractivity contribution is -0.144. The van der Waals surface area contributed by atoms with Crippen LogP contribution in [0.15, 0.2) is 30.3 Å². The second-order valence-corrected chi connectivity index (χ2v) is 5.07. The molecule has 1 aromatic rings. The van der Waals surface area contributed by atoms with E-state index in [1.54, 1.807) is 30.8 Å². The number of nitrogens with zero attached hydrogens (tertiary/aromatic N) is 2. The van der Waals surface area contributed by atoms with Crippen molar-refractivity contribution in [3.05, 3.63) is 35.9 Å². The van der Waals surface area contributed by atoms with Gasteiger partial charge in [0.05, 0.1) is 25.7 Å². The van der Waals surface area contributed by atoms with Gasteiger partial charge in [0.2, 0.25) is 5.91 Å². The number of amides is 1. The molecule has 1 atom stereocenters. The van der Waals surface area contributed by atoms with Crippen molar-refractivity contribution in [2.75, 3.05) is 33.8 Å². The van der Waals surface area contributed by atoms with Gasteiger partial charge in [0, 0.05) is 7.05 Å². The van der Waals surface area contributed by atoms with Gasteiger partial charge in [-0.15, -0.1) is 0 Å². The molecule has 0 fully saturated rings. The number of likely N-dealkylation sites (N-methyl/N-ethyl adjacent to an activating group) is 2. The Kier molecular flexibility index (Phi) is 6.88. The minimum atomic E-state index is -0.313. The third kappa shape index (κ3) is 5.55. The fourth-order valence-electron chi connectivity index (χ4n) is 2.00. The van der Waals surface area contributed by atoms with Crippen molar-refractivity contribution in [3.8, 4) is 0 Å². The number of carbonyl (C=O) groups excluding carboxylic acids is 2. The van der Waals surface area contributed by atoms with Gasteiger partial charge in [-0.25, -0.2) is 0 Å². The summed E-state index contributed by atoms with van der Waals surface area (Å²) in [5.74, 6) is -0.343. The first kappa shape index (κ1) is 17.2. The minimum Gasteiger partial charge on any atom is -0.465 e. The van der Waals surface area contributed by atoms with Crippen molar-refractivity contribution in [2.24, 2.45) is 0 Å². The second kappa shape index (κ2) is 8.42. The van der Waals surface area contributed by atoms with Crippen molar-refractivity contribution in [1.82, 2.24) is 9.80 Å². The average Bonchev–Trinajstić information content (AvgIpc) is 2.46. The number of carbonyl (C=O) groups is 2. The molecule has 0 bridgehead atoms. The quantitative estimate of drug-likeness (QED) is 0.718. The molecule has 0 aliphatic heterocycles. The van der Waals surface area contributed by atoms with Crippen LogP contribution in [0.3, 0.4) is 0 Å². The van der Waals surface area contributed by atoms with Crippen molar-refractivity contribution >= 4 is 11.9 Å². The molecule has 0 heterocycles. The lowest BCUT2D eigenvalue weighted by Crippen LogP contribution is -2.40. The summed E-state index contributed by atoms with van der Waals surface area (Å²) in [6.45, 7) is 4.40. The smallest absolute Gasteiger partial charge is 0.320 e. The number of hydrogen-bond acceptors (Lipinski definition) is 4. The van der Waals surface area contributed by atoms with E-state index in [-0.39, 0.29) is 31.0 Å². The van der Waals surface area contributed by atoms with Crippen LogP contribution in [0.25, 0.3) is 0 Å². The summed E-state index contributed by atoms with van der Waals surface area (Å²) in [5, 5.41) is 0. The van der Waals surface area contributed by atoms with Gasteiger partial charge in [-0.1, -0.05) is 30.3 Å². The van der Waals surface area contributed by atoms with Crippen LogP contribution in [0.5, 0.6) is 0 Å². The molecule has 1 unspecified atom stereocenters. The Hall–Kier alpha value is -1.88. The molecule has 116 valence electrons. The molecular formula is C16H24N2O3. The van der Waals surface area contributed by atoms with Crippen molar-refractivity contribution in [2.45, 2.75) is 19.9 Å². The third-order valence-corrected chi connectivity index (χ3v) is 3.37. The number of benzene rings is 1. The van der Waals surface area contributed by atoms with E-state index in [0.29, 0.717) is 6.61 Å². The highest BCUT2D eigenvalue weighted by molar-refractivity contribution is 5.79. The summed E-state index contributed by atoms with van der Waals surface area (Å²) in [4.78, 5) is 27.0. The maximum absolute atomic E-state index is 12.2. The van der Waals surface area contributed by atoms with Gasteiger partial charge < -0.3 is 9.64 Å². The van der Waals surface area contributed by atoms with E-state index in [4.69, 9.17) is 4.74 Å². The lowest BCUT2D eigenvalue weighted by Gasteiger charge is -2.27. The monoisotopic (exact) mass is 292 g/mol. The molecule has 0 N–H and O–H groups in total. The van der Waals surface area contributed by atoms with Crippen LogP contribution >= 0.6 is 0 Å². The minimum absolute atomic E-state index is 0.00491. The molecule has 1 amide bonds. The van der Waals surface area contributed by atoms with Crippen LogP contribution < -0.4 is 0 Å². The Balaban J connectivity index is 2.52. The van der Waals surface area contributed by atoms with Crippen LogP contribution in [0, 0.1) is 0 Å². The zero-order valence-corrected chi connectivity index (χ0v) is 13.2. The number of rotatable bonds is 7. The summed E-state index contributed by atoms with van der Waals surface area (Å²) in [7, 11) is 3.51. The maximum Gasteiger partial charge on any atom is 0.320 e. The first-order valence-corrected chi connectivity index (χ1v) is 7.10. The predicted molar refractivity (Wildman–Crippen MR) is 81.8 cm³/mol. The van der Waals surface area contributed by atoms with Crippen molar-refractivity contribution < 1.29 is 14.3 Å². The van der Waals surface area contributed by atoms with E-state index in [9.17, 15) is 9.59 Å². The standard InChI is InChI=1S/C16H24N2O3/c1-5-21-16(20)12-17(3)11-15(19)18(4)13(2)14-9-7-6-8-10-14/h6-10,13H,5,11-12H2,1-4H3. The first-order chi connectivity index (χ1) is 9.95. The van der Waals surface area contributed by atoms with Gasteiger partial charge in [0.15, 0.2) is 0 Å². The summed E-state index contributed by atoms with van der Waals surface area (Å²) >= 11 is 0. The Labute approximate surface area is 126 Å². The summed E-state index contributed by atoms with van der Waals surface area (Å²) < 4.78 is 4.87. The molecule has 1 rings (SSSR count). The van der Waals surface area contributed by atoms with E-state index < -0.39 is 0 Å². The van der Waals surface area contributed by atoms with Crippen LogP contribution in [0.1, 0.15) is 25.5 Å². The molecule has 5 nitrogen and oxygen atoms in total. The molecule has 0 radical (unpaired) electrons. The zero-order valence-electron chi connectivity index (χ0n) is 13.2. The number of hydrogen-bond donors (Lipinski definition) is 0. The molecule has 0 saturated carbocycles. The van der Waals surface area contributed by atoms with E-state index in [0.717, 1.165) is 5.56 Å². The van der Waals surface area contributed by atoms with E-state index >= 15 is 0 Å². The van der Waals surface area contributed by atoms with E-state index in [1.807, 2.05) is 37.3 Å². The largest absolute Gasteiger partial charge is 0.465 e. The molecule has 0 spiro atoms. The summed E-state index contributed by atoms with van der Waals surface area (Å²) in [6, 6.07) is 9.85. The Morgan fingerprint density at radius 2 is 1.76 bits per heavy atom. The second-order valence-electron chi connectivity index (χ2n) is 5.07. The SMILES string of the molecule is CCOC(=O)CN(C)CC(=O)N(C)C(C)c1ccccc1. The van der Waals surface area contributed by atoms with E-state index in [2.05, 4.69) is 0 Å². The fraction of sp³-hybridized carbons (Fsp3) is 0.500. The fourth-order valence-corrected chi connectivity index (χ4v) is 2.00. The molecule has 1 aromatic carbocycles. The van der Waals surface area contributed by atoms with Crippen LogP contribution in [-0.4, -0.2) is 55.5 Å². The van der Waals surface area contributed by atoms with Gasteiger partial charge in [-0.2, -0.15) is 0 Å². The van der Waals surface area contributed by atoms with Gasteiger partial charge in [0.1, 0.15) is 0 Å². The number of ether oxygens (including phenoxy) is 1. The average molecular weight is 292 g/mol. The maximum atomic E-state index is 12.2. The van der Waals surface area contributed by atoms with Crippen molar-refractivity contribution in [1.29, 1.82) is 0 Å². The van der Waals surface area contributed by atoms with Gasteiger partial charge in [0.25, 0.3) is 0 Å². The summed E-state index contributed by atoms with van der Waals surface area (Å²) in [6.07, 6.45) is 0. The molecule has 0 aliphatic rings. The molecule has 0 saturated heterocycles. The Bertz CT molecular complexity index is 462. The normalized spacial score (nSPS) is 12.0. The molecule has 0 aliphatic carbocycles. The highest BCUT2D eigenvalue weighted by atomic mass is 16.5. The Morgan fingerprint density at radius 1 is 1.14 bits per heavy atom. The topological polar surface area (TPSA) is 49.9 Å². The molecular weight excluding hydrogens is 268 g/mol. The molecule has 0 aromatic heterocycles. The summed E-state index contributed by atoms with van der Waals surface area (Å²) in [5.41, 5.74) is 1.08. The van der Waals surface area contributed by atoms with Gasteiger partial charge in [-0.3, -0.25) is 14.5 Å². The Morgan fingerprint density at radius 3 is 2.33 bits per heavy atom.